The van der Waals surface area contributed by atoms with Crippen molar-refractivity contribution in [1.82, 2.24) is 0 Å². The Kier molecular flexibility index (Phi) is 3.67. The fourth-order valence-electron chi connectivity index (χ4n) is 4.68. The van der Waals surface area contributed by atoms with Gasteiger partial charge in [0.15, 0.2) is 5.60 Å². The van der Waals surface area contributed by atoms with Gasteiger partial charge in [-0.3, -0.25) is 10.1 Å². The average molecular weight is 385 g/mol. The molecular formula is C24H19NO4. The fourth-order valence-corrected chi connectivity index (χ4v) is 4.68. The maximum atomic E-state index is 12.1. The molecule has 2 aliphatic rings. The Bertz CT molecular complexity index is 1150. The van der Waals surface area contributed by atoms with Crippen LogP contribution in [0.4, 0.5) is 5.69 Å². The van der Waals surface area contributed by atoms with E-state index in [0.717, 1.165) is 27.8 Å². The minimum absolute atomic E-state index is 0.0420. The first-order chi connectivity index (χ1) is 13.9. The van der Waals surface area contributed by atoms with Gasteiger partial charge in [0.05, 0.1) is 4.92 Å². The first kappa shape index (κ1) is 17.6. The number of nitro groups is 1. The smallest absolute Gasteiger partial charge is 0.269 e. The number of rotatable bonds is 3. The normalized spacial score (nSPS) is 24.8. The van der Waals surface area contributed by atoms with Gasteiger partial charge in [0.25, 0.3) is 5.69 Å². The molecule has 1 aliphatic carbocycles. The Balaban J connectivity index is 1.77. The summed E-state index contributed by atoms with van der Waals surface area (Å²) in [6, 6.07) is 23.9. The molecule has 2 atom stereocenters. The topological polar surface area (TPSA) is 72.6 Å². The van der Waals surface area contributed by atoms with E-state index in [0.29, 0.717) is 12.2 Å². The molecule has 1 N–H and O–H groups in total. The van der Waals surface area contributed by atoms with Crippen molar-refractivity contribution >= 4 is 16.8 Å². The molecule has 5 heteroatoms. The third kappa shape index (κ3) is 2.37. The molecule has 0 radical (unpaired) electrons. The monoisotopic (exact) mass is 385 g/mol. The summed E-state index contributed by atoms with van der Waals surface area (Å²) in [5.41, 5.74) is 2.09. The minimum Gasteiger partial charge on any atom is -0.483 e. The standard InChI is InChI=1S/C24H19NO4/c1-23-15-19(16-11-13-18(14-12-16)25(27)28)22(17-7-3-2-4-8-17)24(23,26)20-9-5-6-10-21(20)29-23/h2-14,26H,15H2,1H3/t23-,24-/m0/s1. The van der Waals surface area contributed by atoms with Gasteiger partial charge in [-0.15, -0.1) is 0 Å². The molecule has 0 spiro atoms. The van der Waals surface area contributed by atoms with Crippen LogP contribution in [0.5, 0.6) is 5.75 Å². The van der Waals surface area contributed by atoms with Gasteiger partial charge < -0.3 is 9.84 Å². The zero-order valence-electron chi connectivity index (χ0n) is 15.8. The molecule has 1 aliphatic heterocycles. The van der Waals surface area contributed by atoms with E-state index in [2.05, 4.69) is 0 Å². The van der Waals surface area contributed by atoms with E-state index in [4.69, 9.17) is 4.74 Å². The number of nitro benzene ring substituents is 1. The summed E-state index contributed by atoms with van der Waals surface area (Å²) < 4.78 is 6.29. The van der Waals surface area contributed by atoms with Crippen LogP contribution in [-0.2, 0) is 5.60 Å². The van der Waals surface area contributed by atoms with E-state index in [1.165, 1.54) is 12.1 Å². The molecule has 3 aromatic rings. The summed E-state index contributed by atoms with van der Waals surface area (Å²) in [6.45, 7) is 1.92. The number of para-hydroxylation sites is 1. The zero-order chi connectivity index (χ0) is 20.2. The number of fused-ring (bicyclic) bond motifs is 3. The van der Waals surface area contributed by atoms with Crippen LogP contribution in [0.1, 0.15) is 30.0 Å². The predicted octanol–water partition coefficient (Wildman–Crippen LogP) is 4.95. The second-order valence-corrected chi connectivity index (χ2v) is 7.74. The number of hydrogen-bond donors (Lipinski definition) is 1. The zero-order valence-corrected chi connectivity index (χ0v) is 15.8. The minimum atomic E-state index is -1.32. The van der Waals surface area contributed by atoms with Crippen molar-refractivity contribution in [3.8, 4) is 5.75 Å². The van der Waals surface area contributed by atoms with Crippen molar-refractivity contribution in [2.24, 2.45) is 0 Å². The van der Waals surface area contributed by atoms with E-state index < -0.39 is 16.1 Å². The molecule has 0 fully saturated rings. The molecule has 0 amide bonds. The third-order valence-electron chi connectivity index (χ3n) is 6.04. The van der Waals surface area contributed by atoms with Crippen molar-refractivity contribution in [3.63, 3.8) is 0 Å². The number of nitrogens with zero attached hydrogens (tertiary/aromatic N) is 1. The second kappa shape index (κ2) is 6.03. The number of hydrogen-bond acceptors (Lipinski definition) is 4. The lowest BCUT2D eigenvalue weighted by Crippen LogP contribution is -2.46. The van der Waals surface area contributed by atoms with Gasteiger partial charge in [-0.2, -0.15) is 0 Å². The highest BCUT2D eigenvalue weighted by Gasteiger charge is 2.63. The van der Waals surface area contributed by atoms with Gasteiger partial charge in [-0.1, -0.05) is 48.5 Å². The van der Waals surface area contributed by atoms with E-state index in [9.17, 15) is 15.2 Å². The van der Waals surface area contributed by atoms with E-state index in [-0.39, 0.29) is 5.69 Å². The molecule has 3 aromatic carbocycles. The predicted molar refractivity (Wildman–Crippen MR) is 110 cm³/mol. The van der Waals surface area contributed by atoms with Crippen molar-refractivity contribution in [1.29, 1.82) is 0 Å². The van der Waals surface area contributed by atoms with Crippen LogP contribution < -0.4 is 4.74 Å². The number of non-ortho nitro benzene ring substituents is 1. The van der Waals surface area contributed by atoms with Crippen LogP contribution in [0, 0.1) is 10.1 Å². The highest BCUT2D eigenvalue weighted by atomic mass is 16.6. The van der Waals surface area contributed by atoms with Crippen molar-refractivity contribution in [2.75, 3.05) is 0 Å². The largest absolute Gasteiger partial charge is 0.483 e. The van der Waals surface area contributed by atoms with Gasteiger partial charge in [0, 0.05) is 29.7 Å². The Morgan fingerprint density at radius 2 is 1.59 bits per heavy atom. The van der Waals surface area contributed by atoms with Gasteiger partial charge in [0.1, 0.15) is 11.4 Å². The van der Waals surface area contributed by atoms with Crippen LogP contribution in [0.25, 0.3) is 11.1 Å². The lowest BCUT2D eigenvalue weighted by Gasteiger charge is -2.34. The molecule has 0 bridgehead atoms. The summed E-state index contributed by atoms with van der Waals surface area (Å²) in [5, 5.41) is 23.2. The van der Waals surface area contributed by atoms with Crippen LogP contribution in [-0.4, -0.2) is 15.6 Å². The molecule has 0 unspecified atom stereocenters. The van der Waals surface area contributed by atoms with Crippen LogP contribution >= 0.6 is 0 Å². The van der Waals surface area contributed by atoms with Crippen molar-refractivity contribution < 1.29 is 14.8 Å². The number of aliphatic hydroxyl groups is 1. The summed E-state index contributed by atoms with van der Waals surface area (Å²) >= 11 is 0. The van der Waals surface area contributed by atoms with Crippen LogP contribution in [0.3, 0.4) is 0 Å². The quantitative estimate of drug-likeness (QED) is 0.511. The maximum Gasteiger partial charge on any atom is 0.269 e. The first-order valence-corrected chi connectivity index (χ1v) is 9.49. The number of ether oxygens (including phenoxy) is 1. The fraction of sp³-hybridized carbons (Fsp3) is 0.167. The van der Waals surface area contributed by atoms with Gasteiger partial charge in [-0.05, 0) is 41.8 Å². The van der Waals surface area contributed by atoms with Gasteiger partial charge >= 0.3 is 0 Å². The summed E-state index contributed by atoms with van der Waals surface area (Å²) in [6.07, 6.45) is 0.486. The SMILES string of the molecule is C[C@]12CC(c3ccc([N+](=O)[O-])cc3)=C(c3ccccc3)[C@@]1(O)c1ccccc1O2. The molecule has 29 heavy (non-hydrogen) atoms. The highest BCUT2D eigenvalue weighted by Crippen LogP contribution is 2.63. The Labute approximate surface area is 168 Å². The first-order valence-electron chi connectivity index (χ1n) is 9.49. The average Bonchev–Trinajstić information content (AvgIpc) is 3.10. The Morgan fingerprint density at radius 1 is 0.931 bits per heavy atom. The lowest BCUT2D eigenvalue weighted by atomic mass is 9.77. The van der Waals surface area contributed by atoms with Crippen molar-refractivity contribution in [3.05, 3.63) is 106 Å². The maximum absolute atomic E-state index is 12.1. The molecule has 1 heterocycles. The van der Waals surface area contributed by atoms with Crippen LogP contribution in [0.15, 0.2) is 78.9 Å². The summed E-state index contributed by atoms with van der Waals surface area (Å²) in [4.78, 5) is 10.6. The third-order valence-corrected chi connectivity index (χ3v) is 6.04. The molecule has 0 aromatic heterocycles. The second-order valence-electron chi connectivity index (χ2n) is 7.74. The molecule has 5 nitrogen and oxygen atoms in total. The molecule has 0 saturated carbocycles. The Morgan fingerprint density at radius 3 is 2.28 bits per heavy atom. The summed E-state index contributed by atoms with van der Waals surface area (Å²) in [5.74, 6) is 0.689. The molecule has 5 rings (SSSR count). The van der Waals surface area contributed by atoms with Crippen molar-refractivity contribution in [2.45, 2.75) is 24.5 Å². The molecule has 144 valence electrons. The summed E-state index contributed by atoms with van der Waals surface area (Å²) in [7, 11) is 0. The van der Waals surface area contributed by atoms with Crippen LogP contribution in [0.2, 0.25) is 0 Å². The van der Waals surface area contributed by atoms with E-state index in [1.807, 2.05) is 61.5 Å². The lowest BCUT2D eigenvalue weighted by molar-refractivity contribution is -0.384. The molecule has 0 saturated heterocycles. The van der Waals surface area contributed by atoms with E-state index in [1.54, 1.807) is 12.1 Å². The van der Waals surface area contributed by atoms with Gasteiger partial charge in [0.2, 0.25) is 0 Å². The van der Waals surface area contributed by atoms with Gasteiger partial charge in [-0.25, -0.2) is 0 Å². The number of benzene rings is 3. The van der Waals surface area contributed by atoms with E-state index >= 15 is 0 Å². The highest BCUT2D eigenvalue weighted by molar-refractivity contribution is 6.00. The molecular weight excluding hydrogens is 366 g/mol. The Hall–Kier alpha value is -3.44.